The van der Waals surface area contributed by atoms with E-state index in [1.807, 2.05) is 0 Å². The van der Waals surface area contributed by atoms with Crippen LogP contribution in [0.15, 0.2) is 47.5 Å². The van der Waals surface area contributed by atoms with E-state index in [-0.39, 0.29) is 11.7 Å². The molecule has 1 amide bonds. The lowest BCUT2D eigenvalue weighted by molar-refractivity contribution is -0.115. The Balaban J connectivity index is 2.12. The van der Waals surface area contributed by atoms with Gasteiger partial charge in [0.05, 0.1) is 12.8 Å². The van der Waals surface area contributed by atoms with Crippen LogP contribution < -0.4 is 10.1 Å². The minimum atomic E-state index is -0.0300. The number of amides is 1. The van der Waals surface area contributed by atoms with E-state index in [4.69, 9.17) is 4.74 Å². The van der Waals surface area contributed by atoms with E-state index >= 15 is 0 Å². The number of nitrogens with one attached hydrogen (secondary N) is 1. The molecule has 0 saturated carbocycles. The van der Waals surface area contributed by atoms with Gasteiger partial charge in [0.1, 0.15) is 0 Å². The van der Waals surface area contributed by atoms with E-state index in [0.29, 0.717) is 17.7 Å². The van der Waals surface area contributed by atoms with Crippen molar-refractivity contribution in [2.75, 3.05) is 12.4 Å². The zero-order valence-corrected chi connectivity index (χ0v) is 12.5. The number of para-hydroxylation sites is 1. The van der Waals surface area contributed by atoms with E-state index in [9.17, 15) is 9.90 Å². The minimum Gasteiger partial charge on any atom is -0.504 e. The van der Waals surface area contributed by atoms with Crippen LogP contribution in [0, 0.1) is 0 Å². The highest BCUT2D eigenvalue weighted by Gasteiger charge is 2.04. The number of phenolic OH excluding ortho intramolecular Hbond substituents is 1. The van der Waals surface area contributed by atoms with Crippen molar-refractivity contribution in [2.45, 2.75) is 13.3 Å². The van der Waals surface area contributed by atoms with Crippen molar-refractivity contribution in [3.8, 4) is 11.5 Å². The van der Waals surface area contributed by atoms with E-state index in [1.54, 1.807) is 55.6 Å². The molecule has 0 unspecified atom stereocenters. The largest absolute Gasteiger partial charge is 0.504 e. The summed E-state index contributed by atoms with van der Waals surface area (Å²) in [6, 6.07) is 12.4. The number of hydrogen-bond acceptors (Lipinski definition) is 4. The zero-order valence-electron chi connectivity index (χ0n) is 12.5. The summed E-state index contributed by atoms with van der Waals surface area (Å²) in [6.45, 7) is 1.80. The number of benzene rings is 2. The first-order chi connectivity index (χ1) is 10.6. The highest BCUT2D eigenvalue weighted by molar-refractivity contribution is 5.91. The van der Waals surface area contributed by atoms with E-state index in [0.717, 1.165) is 11.4 Å². The molecule has 114 valence electrons. The monoisotopic (exact) mass is 298 g/mol. The lowest BCUT2D eigenvalue weighted by Crippen LogP contribution is -2.08. The number of rotatable bonds is 5. The predicted molar refractivity (Wildman–Crippen MR) is 87.3 cm³/mol. The zero-order chi connectivity index (χ0) is 15.9. The number of carbonyl (C=O) groups is 1. The van der Waals surface area contributed by atoms with E-state index in [1.165, 1.54) is 7.11 Å². The number of nitrogens with zero attached hydrogens (tertiary/aromatic N) is 1. The molecule has 5 heteroatoms. The molecule has 0 aliphatic heterocycles. The van der Waals surface area contributed by atoms with Gasteiger partial charge in [-0.15, -0.1) is 0 Å². The number of ether oxygens (including phenoxy) is 1. The van der Waals surface area contributed by atoms with Gasteiger partial charge < -0.3 is 15.2 Å². The smallest absolute Gasteiger partial charge is 0.224 e. The molecule has 2 N–H and O–H groups in total. The Bertz CT molecular complexity index is 679. The Morgan fingerprint density at radius 2 is 2.00 bits per heavy atom. The highest BCUT2D eigenvalue weighted by Crippen LogP contribution is 2.28. The summed E-state index contributed by atoms with van der Waals surface area (Å²) in [6.07, 6.45) is 2.01. The van der Waals surface area contributed by atoms with Crippen LogP contribution in [0.25, 0.3) is 0 Å². The van der Waals surface area contributed by atoms with Gasteiger partial charge in [-0.25, -0.2) is 0 Å². The third-order valence-corrected chi connectivity index (χ3v) is 3.08. The molecule has 0 spiro atoms. The van der Waals surface area contributed by atoms with Gasteiger partial charge in [-0.3, -0.25) is 9.79 Å². The SMILES string of the molecule is CCC(=O)Nc1ccc(N=Cc2cccc(OC)c2O)cc1. The number of aliphatic imine (C=N–C) groups is 1. The van der Waals surface area contributed by atoms with Crippen molar-refractivity contribution in [3.63, 3.8) is 0 Å². The fraction of sp³-hybridized carbons (Fsp3) is 0.176. The van der Waals surface area contributed by atoms with Crippen LogP contribution in [-0.2, 0) is 4.79 Å². The molecule has 2 aromatic carbocycles. The second-order valence-corrected chi connectivity index (χ2v) is 4.60. The molecule has 2 rings (SSSR count). The number of aromatic hydroxyl groups is 1. The van der Waals surface area contributed by atoms with Gasteiger partial charge in [-0.05, 0) is 36.4 Å². The Hall–Kier alpha value is -2.82. The average molecular weight is 298 g/mol. The molecule has 0 aliphatic carbocycles. The van der Waals surface area contributed by atoms with Crippen LogP contribution in [-0.4, -0.2) is 24.3 Å². The summed E-state index contributed by atoms with van der Waals surface area (Å²) in [4.78, 5) is 15.6. The summed E-state index contributed by atoms with van der Waals surface area (Å²) in [5.41, 5.74) is 2.02. The summed E-state index contributed by atoms with van der Waals surface area (Å²) < 4.78 is 5.05. The van der Waals surface area contributed by atoms with Gasteiger partial charge in [0.15, 0.2) is 11.5 Å². The highest BCUT2D eigenvalue weighted by atomic mass is 16.5. The molecule has 0 fully saturated rings. The Labute approximate surface area is 129 Å². The van der Waals surface area contributed by atoms with Crippen LogP contribution in [0.1, 0.15) is 18.9 Å². The quantitative estimate of drug-likeness (QED) is 0.830. The molecule has 0 atom stereocenters. The average Bonchev–Trinajstić information content (AvgIpc) is 2.55. The third-order valence-electron chi connectivity index (χ3n) is 3.08. The van der Waals surface area contributed by atoms with Crippen LogP contribution in [0.5, 0.6) is 11.5 Å². The number of hydrogen-bond donors (Lipinski definition) is 2. The number of methoxy groups -OCH3 is 1. The van der Waals surface area contributed by atoms with Crippen molar-refractivity contribution >= 4 is 23.5 Å². The molecule has 0 bridgehead atoms. The molecule has 5 nitrogen and oxygen atoms in total. The molecule has 2 aromatic rings. The number of carbonyl (C=O) groups excluding carboxylic acids is 1. The van der Waals surface area contributed by atoms with Gasteiger partial charge in [-0.2, -0.15) is 0 Å². The van der Waals surface area contributed by atoms with Crippen LogP contribution >= 0.6 is 0 Å². The van der Waals surface area contributed by atoms with Crippen LogP contribution in [0.3, 0.4) is 0 Å². The minimum absolute atomic E-state index is 0.0300. The fourth-order valence-corrected chi connectivity index (χ4v) is 1.83. The number of phenols is 1. The predicted octanol–water partition coefficient (Wildman–Crippen LogP) is 3.50. The van der Waals surface area contributed by atoms with Crippen molar-refractivity contribution in [3.05, 3.63) is 48.0 Å². The third kappa shape index (κ3) is 3.85. The van der Waals surface area contributed by atoms with Crippen LogP contribution in [0.4, 0.5) is 11.4 Å². The Morgan fingerprint density at radius 1 is 1.27 bits per heavy atom. The van der Waals surface area contributed by atoms with Gasteiger partial charge >= 0.3 is 0 Å². The second-order valence-electron chi connectivity index (χ2n) is 4.60. The Kier molecular flexibility index (Phi) is 5.14. The van der Waals surface area contributed by atoms with Crippen molar-refractivity contribution in [1.29, 1.82) is 0 Å². The van der Waals surface area contributed by atoms with Crippen LogP contribution in [0.2, 0.25) is 0 Å². The fourth-order valence-electron chi connectivity index (χ4n) is 1.83. The molecule has 0 heterocycles. The maximum absolute atomic E-state index is 11.3. The van der Waals surface area contributed by atoms with Gasteiger partial charge in [0, 0.05) is 23.9 Å². The van der Waals surface area contributed by atoms with Gasteiger partial charge in [-0.1, -0.05) is 13.0 Å². The van der Waals surface area contributed by atoms with Crippen molar-refractivity contribution in [1.82, 2.24) is 0 Å². The van der Waals surface area contributed by atoms with Crippen molar-refractivity contribution < 1.29 is 14.6 Å². The Morgan fingerprint density at radius 3 is 2.64 bits per heavy atom. The molecule has 22 heavy (non-hydrogen) atoms. The second kappa shape index (κ2) is 7.26. The lowest BCUT2D eigenvalue weighted by Gasteiger charge is -2.05. The molecular weight excluding hydrogens is 280 g/mol. The molecule has 0 radical (unpaired) electrons. The normalized spacial score (nSPS) is 10.6. The topological polar surface area (TPSA) is 70.9 Å². The summed E-state index contributed by atoms with van der Waals surface area (Å²) in [5.74, 6) is 0.430. The standard InChI is InChI=1S/C17H18N2O3/c1-3-16(20)19-14-9-7-13(8-10-14)18-11-12-5-4-6-15(22-2)17(12)21/h4-11,21H,3H2,1-2H3,(H,19,20). The maximum Gasteiger partial charge on any atom is 0.224 e. The van der Waals surface area contributed by atoms with Gasteiger partial charge in [0.2, 0.25) is 5.91 Å². The summed E-state index contributed by atoms with van der Waals surface area (Å²) in [7, 11) is 1.50. The first-order valence-corrected chi connectivity index (χ1v) is 6.94. The van der Waals surface area contributed by atoms with Crippen molar-refractivity contribution in [2.24, 2.45) is 4.99 Å². The molecule has 0 aromatic heterocycles. The summed E-state index contributed by atoms with van der Waals surface area (Å²) >= 11 is 0. The lowest BCUT2D eigenvalue weighted by atomic mass is 10.2. The molecular formula is C17H18N2O3. The molecule has 0 saturated heterocycles. The first kappa shape index (κ1) is 15.6. The summed E-state index contributed by atoms with van der Waals surface area (Å²) in [5, 5.41) is 12.7. The number of anilines is 1. The first-order valence-electron chi connectivity index (χ1n) is 6.94. The van der Waals surface area contributed by atoms with E-state index in [2.05, 4.69) is 10.3 Å². The molecule has 0 aliphatic rings. The van der Waals surface area contributed by atoms with E-state index < -0.39 is 0 Å². The maximum atomic E-state index is 11.3. The van der Waals surface area contributed by atoms with Gasteiger partial charge in [0.25, 0.3) is 0 Å².